The topological polar surface area (TPSA) is 44.5 Å². The number of nitrogens with two attached hydrogens (primary N) is 1. The third-order valence-corrected chi connectivity index (χ3v) is 2.57. The second-order valence-corrected chi connectivity index (χ2v) is 3.88. The Kier molecular flexibility index (Phi) is 3.85. The van der Waals surface area contributed by atoms with Crippen molar-refractivity contribution in [3.63, 3.8) is 0 Å². The zero-order valence-corrected chi connectivity index (χ0v) is 10.3. The van der Waals surface area contributed by atoms with Gasteiger partial charge in [0.1, 0.15) is 17.2 Å². The number of benzene rings is 2. The van der Waals surface area contributed by atoms with Crippen molar-refractivity contribution in [2.45, 2.75) is 6.43 Å². The van der Waals surface area contributed by atoms with E-state index in [0.717, 1.165) is 0 Å². The molecule has 2 aromatic rings. The van der Waals surface area contributed by atoms with Crippen molar-refractivity contribution < 1.29 is 18.3 Å². The molecular weight excluding hydrogens is 252 g/mol. The zero-order valence-electron chi connectivity index (χ0n) is 10.3. The summed E-state index contributed by atoms with van der Waals surface area (Å²) in [6.07, 6.45) is -2.48. The lowest BCUT2D eigenvalue weighted by Gasteiger charge is -2.09. The molecule has 0 heterocycles. The third kappa shape index (κ3) is 3.13. The van der Waals surface area contributed by atoms with Crippen LogP contribution in [0.5, 0.6) is 17.2 Å². The van der Waals surface area contributed by atoms with Gasteiger partial charge in [-0.15, -0.1) is 0 Å². The minimum atomic E-state index is -2.48. The van der Waals surface area contributed by atoms with Crippen LogP contribution in [-0.2, 0) is 0 Å². The van der Waals surface area contributed by atoms with Gasteiger partial charge in [-0.1, -0.05) is 0 Å². The molecule has 0 amide bonds. The van der Waals surface area contributed by atoms with Crippen LogP contribution < -0.4 is 15.2 Å². The van der Waals surface area contributed by atoms with E-state index in [2.05, 4.69) is 0 Å². The van der Waals surface area contributed by atoms with Crippen LogP contribution in [0.4, 0.5) is 14.5 Å². The Bertz CT molecular complexity index is 556. The molecule has 0 bridgehead atoms. The van der Waals surface area contributed by atoms with Gasteiger partial charge >= 0.3 is 0 Å². The van der Waals surface area contributed by atoms with Gasteiger partial charge in [-0.2, -0.15) is 0 Å². The summed E-state index contributed by atoms with van der Waals surface area (Å²) in [6.45, 7) is 0. The first kappa shape index (κ1) is 13.1. The summed E-state index contributed by atoms with van der Waals surface area (Å²) < 4.78 is 35.3. The Labute approximate surface area is 109 Å². The van der Waals surface area contributed by atoms with Gasteiger partial charge in [0.15, 0.2) is 0 Å². The molecule has 100 valence electrons. The van der Waals surface area contributed by atoms with Crippen LogP contribution in [0.25, 0.3) is 0 Å². The first-order valence-corrected chi connectivity index (χ1v) is 5.59. The highest BCUT2D eigenvalue weighted by Crippen LogP contribution is 2.30. The van der Waals surface area contributed by atoms with Crippen molar-refractivity contribution in [3.05, 3.63) is 48.0 Å². The molecule has 0 saturated heterocycles. The van der Waals surface area contributed by atoms with Crippen LogP contribution in [0, 0.1) is 0 Å². The fourth-order valence-corrected chi connectivity index (χ4v) is 1.59. The van der Waals surface area contributed by atoms with Crippen molar-refractivity contribution in [1.29, 1.82) is 0 Å². The van der Waals surface area contributed by atoms with E-state index in [0.29, 0.717) is 22.9 Å². The zero-order chi connectivity index (χ0) is 13.8. The Morgan fingerprint density at radius 2 is 1.63 bits per heavy atom. The van der Waals surface area contributed by atoms with Crippen LogP contribution >= 0.6 is 0 Å². The Hall–Kier alpha value is -2.30. The molecule has 0 unspecified atom stereocenters. The summed E-state index contributed by atoms with van der Waals surface area (Å²) in [5.41, 5.74) is 6.15. The lowest BCUT2D eigenvalue weighted by Crippen LogP contribution is -1.93. The summed E-state index contributed by atoms with van der Waals surface area (Å²) in [5.74, 6) is 1.54. The Morgan fingerprint density at radius 1 is 1.00 bits per heavy atom. The van der Waals surface area contributed by atoms with E-state index in [4.69, 9.17) is 15.2 Å². The minimum absolute atomic E-state index is 0.0402. The van der Waals surface area contributed by atoms with Crippen molar-refractivity contribution in [2.24, 2.45) is 0 Å². The fourth-order valence-electron chi connectivity index (χ4n) is 1.59. The fraction of sp³-hybridized carbons (Fsp3) is 0.143. The van der Waals surface area contributed by atoms with Crippen molar-refractivity contribution in [3.8, 4) is 17.2 Å². The van der Waals surface area contributed by atoms with Crippen LogP contribution in [0.2, 0.25) is 0 Å². The van der Waals surface area contributed by atoms with Crippen molar-refractivity contribution in [1.82, 2.24) is 0 Å². The highest BCUT2D eigenvalue weighted by atomic mass is 19.3. The van der Waals surface area contributed by atoms with E-state index in [9.17, 15) is 8.78 Å². The van der Waals surface area contributed by atoms with E-state index in [1.807, 2.05) is 0 Å². The second kappa shape index (κ2) is 5.56. The predicted molar refractivity (Wildman–Crippen MR) is 68.9 cm³/mol. The summed E-state index contributed by atoms with van der Waals surface area (Å²) in [5, 5.41) is 0. The summed E-state index contributed by atoms with van der Waals surface area (Å²) in [6, 6.07) is 10.6. The number of alkyl halides is 2. The molecule has 0 saturated carbocycles. The molecule has 2 aromatic carbocycles. The summed E-state index contributed by atoms with van der Waals surface area (Å²) >= 11 is 0. The normalized spacial score (nSPS) is 10.5. The lowest BCUT2D eigenvalue weighted by atomic mass is 10.2. The first-order chi connectivity index (χ1) is 9.10. The number of halogens is 2. The number of nitrogen functional groups attached to an aromatic ring is 1. The highest BCUT2D eigenvalue weighted by Gasteiger charge is 2.07. The van der Waals surface area contributed by atoms with E-state index < -0.39 is 6.43 Å². The van der Waals surface area contributed by atoms with Gasteiger partial charge in [0.2, 0.25) is 0 Å². The molecule has 19 heavy (non-hydrogen) atoms. The van der Waals surface area contributed by atoms with Crippen LogP contribution in [0.3, 0.4) is 0 Å². The number of hydrogen-bond donors (Lipinski definition) is 1. The maximum Gasteiger partial charge on any atom is 0.263 e. The third-order valence-electron chi connectivity index (χ3n) is 2.57. The van der Waals surface area contributed by atoms with Crippen LogP contribution in [0.15, 0.2) is 42.5 Å². The number of rotatable bonds is 4. The van der Waals surface area contributed by atoms with Gasteiger partial charge in [-0.25, -0.2) is 8.78 Å². The quantitative estimate of drug-likeness (QED) is 0.849. The van der Waals surface area contributed by atoms with E-state index in [1.54, 1.807) is 18.2 Å². The van der Waals surface area contributed by atoms with Gasteiger partial charge in [-0.3, -0.25) is 0 Å². The molecular formula is C14H13F2NO2. The maximum absolute atomic E-state index is 12.4. The number of methoxy groups -OCH3 is 1. The van der Waals surface area contributed by atoms with Crippen molar-refractivity contribution >= 4 is 5.69 Å². The minimum Gasteiger partial charge on any atom is -0.495 e. The number of hydrogen-bond acceptors (Lipinski definition) is 3. The molecule has 5 heteroatoms. The standard InChI is InChI=1S/C14H13F2NO2/c1-18-13-7-6-11(8-12(13)17)19-10-4-2-9(3-5-10)14(15)16/h2-8,14H,17H2,1H3. The van der Waals surface area contributed by atoms with E-state index >= 15 is 0 Å². The van der Waals surface area contributed by atoms with E-state index in [-0.39, 0.29) is 5.56 Å². The van der Waals surface area contributed by atoms with Gasteiger partial charge < -0.3 is 15.2 Å². The number of ether oxygens (including phenoxy) is 2. The van der Waals surface area contributed by atoms with Gasteiger partial charge in [0.05, 0.1) is 12.8 Å². The molecule has 0 radical (unpaired) electrons. The molecule has 2 N–H and O–H groups in total. The molecule has 0 fully saturated rings. The van der Waals surface area contributed by atoms with E-state index in [1.165, 1.54) is 31.4 Å². The average molecular weight is 265 g/mol. The van der Waals surface area contributed by atoms with Crippen LogP contribution in [-0.4, -0.2) is 7.11 Å². The molecule has 0 aliphatic heterocycles. The average Bonchev–Trinajstić information content (AvgIpc) is 2.39. The largest absolute Gasteiger partial charge is 0.495 e. The van der Waals surface area contributed by atoms with Crippen molar-refractivity contribution in [2.75, 3.05) is 12.8 Å². The summed E-state index contributed by atoms with van der Waals surface area (Å²) in [7, 11) is 1.52. The molecule has 0 aliphatic rings. The van der Waals surface area contributed by atoms with Gasteiger partial charge in [0, 0.05) is 11.6 Å². The molecule has 2 rings (SSSR count). The van der Waals surface area contributed by atoms with Crippen LogP contribution in [0.1, 0.15) is 12.0 Å². The Morgan fingerprint density at radius 3 is 2.16 bits per heavy atom. The monoisotopic (exact) mass is 265 g/mol. The molecule has 0 aliphatic carbocycles. The molecule has 0 atom stereocenters. The smallest absolute Gasteiger partial charge is 0.263 e. The lowest BCUT2D eigenvalue weighted by molar-refractivity contribution is 0.151. The van der Waals surface area contributed by atoms with Gasteiger partial charge in [0.25, 0.3) is 6.43 Å². The second-order valence-electron chi connectivity index (χ2n) is 3.88. The first-order valence-electron chi connectivity index (χ1n) is 5.59. The Balaban J connectivity index is 2.14. The molecule has 0 spiro atoms. The SMILES string of the molecule is COc1ccc(Oc2ccc(C(F)F)cc2)cc1N. The molecule has 0 aromatic heterocycles. The highest BCUT2D eigenvalue weighted by molar-refractivity contribution is 5.56. The maximum atomic E-state index is 12.4. The van der Waals surface area contributed by atoms with Gasteiger partial charge in [-0.05, 0) is 36.4 Å². The number of anilines is 1. The summed E-state index contributed by atoms with van der Waals surface area (Å²) in [4.78, 5) is 0. The molecule has 3 nitrogen and oxygen atoms in total. The predicted octanol–water partition coefficient (Wildman–Crippen LogP) is 4.01.